The summed E-state index contributed by atoms with van der Waals surface area (Å²) >= 11 is 0. The van der Waals surface area contributed by atoms with Crippen molar-refractivity contribution >= 4 is 17.5 Å². The average Bonchev–Trinajstić information content (AvgIpc) is 3.13. The monoisotopic (exact) mass is 447 g/mol. The van der Waals surface area contributed by atoms with E-state index in [2.05, 4.69) is 0 Å². The minimum Gasteiger partial charge on any atom is -0.493 e. The number of rotatable bonds is 7. The van der Waals surface area contributed by atoms with Crippen molar-refractivity contribution in [2.45, 2.75) is 13.5 Å². The van der Waals surface area contributed by atoms with E-state index in [-0.39, 0.29) is 23.8 Å². The number of non-ortho nitro benzene ring substituents is 1. The van der Waals surface area contributed by atoms with Gasteiger partial charge in [-0.25, -0.2) is 0 Å². The third-order valence-corrected chi connectivity index (χ3v) is 5.22. The van der Waals surface area contributed by atoms with E-state index in [0.717, 1.165) is 11.1 Å². The molecule has 3 aromatic rings. The van der Waals surface area contributed by atoms with Crippen LogP contribution in [0.15, 0.2) is 60.4 Å². The van der Waals surface area contributed by atoms with E-state index in [4.69, 9.17) is 18.9 Å². The van der Waals surface area contributed by atoms with Crippen LogP contribution >= 0.6 is 0 Å². The van der Waals surface area contributed by atoms with Crippen LogP contribution in [0.2, 0.25) is 0 Å². The molecule has 33 heavy (non-hydrogen) atoms. The predicted octanol–water partition coefficient (Wildman–Crippen LogP) is 5.12. The number of nitro benzene ring substituents is 1. The predicted molar refractivity (Wildman–Crippen MR) is 121 cm³/mol. The molecule has 3 aromatic carbocycles. The van der Waals surface area contributed by atoms with Crippen LogP contribution in [0.3, 0.4) is 0 Å². The van der Waals surface area contributed by atoms with Gasteiger partial charge in [0.2, 0.25) is 5.78 Å². The Morgan fingerprint density at radius 3 is 2.48 bits per heavy atom. The van der Waals surface area contributed by atoms with Crippen LogP contribution in [-0.2, 0) is 6.61 Å². The van der Waals surface area contributed by atoms with Crippen molar-refractivity contribution in [1.29, 1.82) is 0 Å². The number of ether oxygens (including phenoxy) is 4. The number of nitrogens with zero attached hydrogens (tertiary/aromatic N) is 1. The highest BCUT2D eigenvalue weighted by molar-refractivity contribution is 6.15. The number of hydrogen-bond donors (Lipinski definition) is 0. The summed E-state index contributed by atoms with van der Waals surface area (Å²) in [6.45, 7) is 2.03. The molecule has 4 rings (SSSR count). The maximum atomic E-state index is 13.0. The molecule has 1 aliphatic rings. The fourth-order valence-electron chi connectivity index (χ4n) is 3.61. The highest BCUT2D eigenvalue weighted by Crippen LogP contribution is 2.39. The van der Waals surface area contributed by atoms with Gasteiger partial charge in [-0.05, 0) is 48.4 Å². The molecule has 0 saturated heterocycles. The molecule has 1 aliphatic heterocycles. The summed E-state index contributed by atoms with van der Waals surface area (Å²) in [4.78, 5) is 23.3. The number of carbonyl (C=O) groups is 1. The molecule has 0 spiro atoms. The summed E-state index contributed by atoms with van der Waals surface area (Å²) in [5.74, 6) is 1.93. The zero-order valence-electron chi connectivity index (χ0n) is 18.3. The van der Waals surface area contributed by atoms with Crippen molar-refractivity contribution in [3.8, 4) is 23.0 Å². The summed E-state index contributed by atoms with van der Waals surface area (Å²) in [6, 6.07) is 14.9. The molecular formula is C25H21NO7. The summed E-state index contributed by atoms with van der Waals surface area (Å²) in [5.41, 5.74) is 2.65. The van der Waals surface area contributed by atoms with Gasteiger partial charge in [0.25, 0.3) is 5.69 Å². The second-order valence-electron chi connectivity index (χ2n) is 7.35. The van der Waals surface area contributed by atoms with Crippen molar-refractivity contribution in [2.75, 3.05) is 14.2 Å². The van der Waals surface area contributed by atoms with Crippen LogP contribution in [0.5, 0.6) is 23.0 Å². The van der Waals surface area contributed by atoms with Gasteiger partial charge in [0.05, 0.1) is 24.7 Å². The fraction of sp³-hybridized carbons (Fsp3) is 0.160. The Morgan fingerprint density at radius 1 is 1.06 bits per heavy atom. The van der Waals surface area contributed by atoms with E-state index >= 15 is 0 Å². The molecule has 1 heterocycles. The molecular weight excluding hydrogens is 426 g/mol. The van der Waals surface area contributed by atoms with Gasteiger partial charge >= 0.3 is 0 Å². The first-order valence-corrected chi connectivity index (χ1v) is 10.1. The molecule has 8 nitrogen and oxygen atoms in total. The lowest BCUT2D eigenvalue weighted by Crippen LogP contribution is -2.01. The van der Waals surface area contributed by atoms with E-state index in [9.17, 15) is 14.9 Å². The van der Waals surface area contributed by atoms with Crippen LogP contribution in [-0.4, -0.2) is 24.9 Å². The Morgan fingerprint density at radius 2 is 1.82 bits per heavy atom. The third-order valence-electron chi connectivity index (χ3n) is 5.22. The van der Waals surface area contributed by atoms with Crippen LogP contribution < -0.4 is 18.9 Å². The molecule has 0 amide bonds. The SMILES string of the molecule is COc1cccc(/C=C2\Oc3cc(OCc4ccc([N+](=O)[O-])cc4)cc(C)c3C2=O)c1OC. The molecule has 0 saturated carbocycles. The summed E-state index contributed by atoms with van der Waals surface area (Å²) in [7, 11) is 3.08. The number of fused-ring (bicyclic) bond motifs is 1. The topological polar surface area (TPSA) is 97.1 Å². The molecule has 168 valence electrons. The van der Waals surface area contributed by atoms with Crippen LogP contribution in [0.25, 0.3) is 6.08 Å². The number of aryl methyl sites for hydroxylation is 1. The van der Waals surface area contributed by atoms with E-state index in [0.29, 0.717) is 34.1 Å². The number of methoxy groups -OCH3 is 2. The van der Waals surface area contributed by atoms with Gasteiger partial charge in [-0.15, -0.1) is 0 Å². The Kier molecular flexibility index (Phi) is 5.99. The normalized spacial score (nSPS) is 13.4. The van der Waals surface area contributed by atoms with E-state index in [1.165, 1.54) is 19.2 Å². The van der Waals surface area contributed by atoms with Crippen molar-refractivity contribution in [1.82, 2.24) is 0 Å². The minimum atomic E-state index is -0.449. The Balaban J connectivity index is 1.56. The molecule has 0 radical (unpaired) electrons. The maximum Gasteiger partial charge on any atom is 0.269 e. The molecule has 0 aromatic heterocycles. The minimum absolute atomic E-state index is 0.0195. The van der Waals surface area contributed by atoms with Gasteiger partial charge in [0, 0.05) is 23.8 Å². The van der Waals surface area contributed by atoms with Crippen LogP contribution in [0, 0.1) is 17.0 Å². The first kappa shape index (κ1) is 21.9. The average molecular weight is 447 g/mol. The van der Waals surface area contributed by atoms with Crippen molar-refractivity contribution < 1.29 is 28.7 Å². The zero-order chi connectivity index (χ0) is 23.5. The number of nitro groups is 1. The quantitative estimate of drug-likeness (QED) is 0.282. The molecule has 0 fully saturated rings. The highest BCUT2D eigenvalue weighted by atomic mass is 16.6. The molecule has 0 bridgehead atoms. The summed E-state index contributed by atoms with van der Waals surface area (Å²) < 4.78 is 22.5. The molecule has 0 N–H and O–H groups in total. The highest BCUT2D eigenvalue weighted by Gasteiger charge is 2.30. The second-order valence-corrected chi connectivity index (χ2v) is 7.35. The third kappa shape index (κ3) is 4.36. The van der Waals surface area contributed by atoms with E-state index in [1.807, 2.05) is 6.92 Å². The standard InChI is InChI=1S/C25H21NO7/c1-15-11-19(32-14-16-7-9-18(10-8-16)26(28)29)13-21-23(15)24(27)22(33-21)12-17-5-4-6-20(30-2)25(17)31-3/h4-13H,14H2,1-3H3/b22-12-. The largest absolute Gasteiger partial charge is 0.493 e. The molecule has 0 unspecified atom stereocenters. The molecule has 0 atom stereocenters. The van der Waals surface area contributed by atoms with Crippen LogP contribution in [0.1, 0.15) is 27.0 Å². The number of para-hydroxylation sites is 1. The van der Waals surface area contributed by atoms with Crippen molar-refractivity contribution in [3.05, 3.63) is 92.7 Å². The first-order chi connectivity index (χ1) is 15.9. The number of carbonyl (C=O) groups excluding carboxylic acids is 1. The van der Waals surface area contributed by atoms with Crippen LogP contribution in [0.4, 0.5) is 5.69 Å². The smallest absolute Gasteiger partial charge is 0.269 e. The lowest BCUT2D eigenvalue weighted by Gasteiger charge is -2.10. The fourth-order valence-corrected chi connectivity index (χ4v) is 3.61. The van der Waals surface area contributed by atoms with E-state index < -0.39 is 4.92 Å². The van der Waals surface area contributed by atoms with Gasteiger partial charge in [0.1, 0.15) is 18.1 Å². The first-order valence-electron chi connectivity index (χ1n) is 10.1. The number of benzene rings is 3. The lowest BCUT2D eigenvalue weighted by atomic mass is 10.0. The number of Topliss-reactive ketones (excluding diaryl/α,β-unsaturated/α-hetero) is 1. The Bertz CT molecular complexity index is 1260. The number of ketones is 1. The Labute approximate surface area is 190 Å². The van der Waals surface area contributed by atoms with Crippen molar-refractivity contribution in [2.24, 2.45) is 0 Å². The maximum absolute atomic E-state index is 13.0. The van der Waals surface area contributed by atoms with Gasteiger partial charge < -0.3 is 18.9 Å². The van der Waals surface area contributed by atoms with Gasteiger partial charge in [-0.3, -0.25) is 14.9 Å². The Hall–Kier alpha value is -4.33. The number of hydrogen-bond acceptors (Lipinski definition) is 7. The van der Waals surface area contributed by atoms with Gasteiger partial charge in [-0.1, -0.05) is 12.1 Å². The van der Waals surface area contributed by atoms with Gasteiger partial charge in [-0.2, -0.15) is 0 Å². The second kappa shape index (κ2) is 9.04. The lowest BCUT2D eigenvalue weighted by molar-refractivity contribution is -0.384. The molecule has 0 aliphatic carbocycles. The molecule has 8 heteroatoms. The van der Waals surface area contributed by atoms with Crippen molar-refractivity contribution in [3.63, 3.8) is 0 Å². The zero-order valence-corrected chi connectivity index (χ0v) is 18.3. The summed E-state index contributed by atoms with van der Waals surface area (Å²) in [5, 5.41) is 10.8. The summed E-state index contributed by atoms with van der Waals surface area (Å²) in [6.07, 6.45) is 1.63. The van der Waals surface area contributed by atoms with Gasteiger partial charge in [0.15, 0.2) is 17.3 Å². The number of allylic oxidation sites excluding steroid dienone is 1. The van der Waals surface area contributed by atoms with E-state index in [1.54, 1.807) is 55.7 Å².